The summed E-state index contributed by atoms with van der Waals surface area (Å²) in [5.41, 5.74) is 13.2. The molecule has 41 heavy (non-hydrogen) atoms. The summed E-state index contributed by atoms with van der Waals surface area (Å²) in [6.45, 7) is 16.3. The van der Waals surface area contributed by atoms with E-state index in [0.717, 1.165) is 46.0 Å². The molecule has 1 aliphatic rings. The van der Waals surface area contributed by atoms with Crippen molar-refractivity contribution in [2.45, 2.75) is 68.2 Å². The second-order valence-electron chi connectivity index (χ2n) is 10.5. The summed E-state index contributed by atoms with van der Waals surface area (Å²) in [7, 11) is 0. The first kappa shape index (κ1) is 28.2. The maximum Gasteiger partial charge on any atom is 0.340 e. The van der Waals surface area contributed by atoms with Gasteiger partial charge in [-0.25, -0.2) is 14.6 Å². The van der Waals surface area contributed by atoms with Crippen molar-refractivity contribution in [2.75, 3.05) is 13.2 Å². The van der Waals surface area contributed by atoms with Crippen LogP contribution in [0.3, 0.4) is 0 Å². The third-order valence-corrected chi connectivity index (χ3v) is 8.16. The minimum Gasteiger partial charge on any atom is -0.462 e. The lowest BCUT2D eigenvalue weighted by Crippen LogP contribution is -2.06. The number of rotatable bonds is 6. The first-order valence-electron chi connectivity index (χ1n) is 14.4. The van der Waals surface area contributed by atoms with Crippen LogP contribution in [-0.2, 0) is 27.1 Å². The van der Waals surface area contributed by atoms with Crippen molar-refractivity contribution in [1.29, 1.82) is 0 Å². The summed E-state index contributed by atoms with van der Waals surface area (Å²) in [4.78, 5) is 42.2. The lowest BCUT2D eigenvalue weighted by Gasteiger charge is -2.04. The molecule has 0 radical (unpaired) electrons. The molecular weight excluding hydrogens is 516 g/mol. The number of hydrogen-bond donors (Lipinski definition) is 3. The minimum absolute atomic E-state index is 0.253. The molecule has 1 aliphatic heterocycles. The fourth-order valence-corrected chi connectivity index (χ4v) is 6.04. The van der Waals surface area contributed by atoms with Gasteiger partial charge in [0, 0.05) is 22.1 Å². The molecule has 5 heterocycles. The molecular formula is C33H38N4O4. The molecule has 8 bridgehead atoms. The maximum absolute atomic E-state index is 13.3. The highest BCUT2D eigenvalue weighted by Gasteiger charge is 2.28. The van der Waals surface area contributed by atoms with E-state index in [1.807, 2.05) is 26.0 Å². The highest BCUT2D eigenvalue weighted by atomic mass is 16.5. The molecule has 0 saturated carbocycles. The molecule has 0 fully saturated rings. The Bertz CT molecular complexity index is 1870. The Hall–Kier alpha value is -4.33. The number of aromatic nitrogens is 4. The lowest BCUT2D eigenvalue weighted by molar-refractivity contribution is -0.136. The van der Waals surface area contributed by atoms with Crippen LogP contribution in [0.15, 0.2) is 18.2 Å². The normalized spacial score (nSPS) is 12.4. The van der Waals surface area contributed by atoms with E-state index >= 15 is 0 Å². The Morgan fingerprint density at radius 2 is 1.22 bits per heavy atom. The zero-order chi connectivity index (χ0) is 29.6. The zero-order valence-electron chi connectivity index (χ0n) is 25.1. The van der Waals surface area contributed by atoms with Crippen LogP contribution in [0.25, 0.3) is 44.2 Å². The van der Waals surface area contributed by atoms with Gasteiger partial charge in [0.25, 0.3) is 0 Å². The average Bonchev–Trinajstić information content (AvgIpc) is 3.61. The van der Waals surface area contributed by atoms with Crippen molar-refractivity contribution < 1.29 is 19.1 Å². The number of allylic oxidation sites excluding steroid dienone is 1. The Labute approximate surface area is 239 Å². The molecule has 4 aromatic heterocycles. The molecule has 0 spiro atoms. The van der Waals surface area contributed by atoms with Gasteiger partial charge in [-0.15, -0.1) is 0 Å². The van der Waals surface area contributed by atoms with Crippen molar-refractivity contribution in [1.82, 2.24) is 19.9 Å². The van der Waals surface area contributed by atoms with Gasteiger partial charge < -0.3 is 24.4 Å². The molecule has 0 amide bonds. The van der Waals surface area contributed by atoms with Crippen LogP contribution in [0.4, 0.5) is 0 Å². The van der Waals surface area contributed by atoms with Gasteiger partial charge in [0.2, 0.25) is 0 Å². The van der Waals surface area contributed by atoms with Crippen LogP contribution in [0.1, 0.15) is 84.2 Å². The van der Waals surface area contributed by atoms with Crippen LogP contribution in [-0.4, -0.2) is 45.1 Å². The standard InChI is InChI=1S/C33H38N4O4/c1-9-20-16(5)22-13-26-28(32(38)40-11-3)18(7)30(36-26)31-19(8)29(33(39)41-12-4)27(37-31)14-23-17(6)21(10-2)25(35-23)15-24(20)34-22/h13-15,34-36H,9-12H2,1-8H3. The van der Waals surface area contributed by atoms with Crippen molar-refractivity contribution in [2.24, 2.45) is 0 Å². The molecule has 8 heteroatoms. The minimum atomic E-state index is -0.426. The maximum atomic E-state index is 13.3. The zero-order valence-corrected chi connectivity index (χ0v) is 25.1. The third-order valence-electron chi connectivity index (χ3n) is 8.16. The van der Waals surface area contributed by atoms with Crippen molar-refractivity contribution in [3.05, 3.63) is 63.0 Å². The second-order valence-corrected chi connectivity index (χ2v) is 10.5. The molecule has 0 unspecified atom stereocenters. The predicted octanol–water partition coefficient (Wildman–Crippen LogP) is 7.25. The third kappa shape index (κ3) is 4.61. The van der Waals surface area contributed by atoms with Crippen LogP contribution in [0.2, 0.25) is 0 Å². The number of nitrogens with zero attached hydrogens (tertiary/aromatic N) is 1. The summed E-state index contributed by atoms with van der Waals surface area (Å²) in [5, 5.41) is 0. The Morgan fingerprint density at radius 3 is 1.78 bits per heavy atom. The number of nitrogens with one attached hydrogen (secondary N) is 3. The number of ether oxygens (including phenoxy) is 2. The van der Waals surface area contributed by atoms with Crippen molar-refractivity contribution >= 4 is 56.2 Å². The summed E-state index contributed by atoms with van der Waals surface area (Å²) >= 11 is 0. The summed E-state index contributed by atoms with van der Waals surface area (Å²) in [5.74, 6) is -0.834. The molecule has 8 nitrogen and oxygen atoms in total. The smallest absolute Gasteiger partial charge is 0.340 e. The number of fused-ring (bicyclic) bond motifs is 9. The predicted molar refractivity (Wildman–Crippen MR) is 164 cm³/mol. The van der Waals surface area contributed by atoms with E-state index in [-0.39, 0.29) is 13.2 Å². The molecule has 0 atom stereocenters. The van der Waals surface area contributed by atoms with Gasteiger partial charge in [0.05, 0.1) is 46.8 Å². The number of H-pyrrole nitrogens is 3. The number of esters is 2. The van der Waals surface area contributed by atoms with E-state index in [2.05, 4.69) is 48.7 Å². The average molecular weight is 555 g/mol. The van der Waals surface area contributed by atoms with Gasteiger partial charge in [0.1, 0.15) is 0 Å². The second kappa shape index (κ2) is 10.9. The van der Waals surface area contributed by atoms with Crippen molar-refractivity contribution in [3.8, 4) is 0 Å². The Kier molecular flexibility index (Phi) is 7.51. The molecule has 0 aromatic carbocycles. The molecule has 3 N–H and O–H groups in total. The fraction of sp³-hybridized carbons (Fsp3) is 0.364. The van der Waals surface area contributed by atoms with E-state index in [1.54, 1.807) is 13.8 Å². The van der Waals surface area contributed by atoms with Gasteiger partial charge in [0.15, 0.2) is 0 Å². The number of carbonyl (C=O) groups is 2. The first-order chi connectivity index (χ1) is 19.6. The van der Waals surface area contributed by atoms with Crippen LogP contribution >= 0.6 is 0 Å². The number of aromatic amines is 3. The van der Waals surface area contributed by atoms with Gasteiger partial charge in [-0.1, -0.05) is 13.8 Å². The molecule has 0 saturated heterocycles. The lowest BCUT2D eigenvalue weighted by atomic mass is 10.0. The van der Waals surface area contributed by atoms with Crippen molar-refractivity contribution in [3.63, 3.8) is 0 Å². The summed E-state index contributed by atoms with van der Waals surface area (Å²) in [6.07, 6.45) is 1.69. The van der Waals surface area contributed by atoms with Gasteiger partial charge >= 0.3 is 11.9 Å². The highest BCUT2D eigenvalue weighted by Crippen LogP contribution is 2.36. The summed E-state index contributed by atoms with van der Waals surface area (Å²) < 4.78 is 10.9. The quantitative estimate of drug-likeness (QED) is 0.217. The number of hydrogen-bond acceptors (Lipinski definition) is 5. The molecule has 0 aliphatic carbocycles. The van der Waals surface area contributed by atoms with Gasteiger partial charge in [-0.3, -0.25) is 0 Å². The summed E-state index contributed by atoms with van der Waals surface area (Å²) in [6, 6.07) is 6.06. The SMILES string of the molecule is CCOC(=O)C1=C(C)c2nc1cc1[nH]c(cc3[nH]c(cc4[nH]c2c(C)c4C(=O)OCC)c(C)c3CC)c(CC)c1C. The largest absolute Gasteiger partial charge is 0.462 e. The number of aryl methyl sites for hydroxylation is 5. The topological polar surface area (TPSA) is 113 Å². The van der Waals surface area contributed by atoms with Gasteiger partial charge in [-0.2, -0.15) is 0 Å². The first-order valence-corrected chi connectivity index (χ1v) is 14.4. The Morgan fingerprint density at radius 1 is 0.683 bits per heavy atom. The van der Waals surface area contributed by atoms with E-state index in [4.69, 9.17) is 14.5 Å². The van der Waals surface area contributed by atoms with Crippen LogP contribution < -0.4 is 0 Å². The van der Waals surface area contributed by atoms with Gasteiger partial charge in [-0.05, 0) is 106 Å². The fourth-order valence-electron chi connectivity index (χ4n) is 6.04. The highest BCUT2D eigenvalue weighted by molar-refractivity contribution is 6.26. The van der Waals surface area contributed by atoms with Crippen LogP contribution in [0.5, 0.6) is 0 Å². The molecule has 5 rings (SSSR count). The molecule has 4 aromatic rings. The van der Waals surface area contributed by atoms with E-state index in [0.29, 0.717) is 44.7 Å². The van der Waals surface area contributed by atoms with E-state index in [9.17, 15) is 9.59 Å². The van der Waals surface area contributed by atoms with Crippen LogP contribution in [0, 0.1) is 20.8 Å². The monoisotopic (exact) mass is 554 g/mol. The van der Waals surface area contributed by atoms with E-state index < -0.39 is 11.9 Å². The van der Waals surface area contributed by atoms with E-state index in [1.165, 1.54) is 11.1 Å². The molecule has 214 valence electrons. The number of carbonyl (C=O) groups excluding carboxylic acids is 2. The Balaban J connectivity index is 2.04.